The van der Waals surface area contributed by atoms with E-state index >= 15 is 0 Å². The third-order valence-electron chi connectivity index (χ3n) is 7.23. The third kappa shape index (κ3) is 5.52. The molecule has 0 spiro atoms. The molecule has 0 aromatic heterocycles. The number of amides is 3. The lowest BCUT2D eigenvalue weighted by Crippen LogP contribution is -2.56. The molecule has 2 heterocycles. The molecule has 0 bridgehead atoms. The van der Waals surface area contributed by atoms with Crippen molar-refractivity contribution in [3.05, 3.63) is 76.5 Å². The predicted molar refractivity (Wildman–Crippen MR) is 144 cm³/mol. The fourth-order valence-corrected chi connectivity index (χ4v) is 5.15. The van der Waals surface area contributed by atoms with Crippen LogP contribution in [0.4, 0.5) is 4.79 Å². The number of benzene rings is 2. The summed E-state index contributed by atoms with van der Waals surface area (Å²) < 4.78 is 10.7. The van der Waals surface area contributed by atoms with Gasteiger partial charge in [0.15, 0.2) is 0 Å². The van der Waals surface area contributed by atoms with E-state index in [9.17, 15) is 14.4 Å². The summed E-state index contributed by atoms with van der Waals surface area (Å²) in [5, 5.41) is 2.98. The number of aryl methyl sites for hydroxylation is 1. The normalized spacial score (nSPS) is 20.3. The summed E-state index contributed by atoms with van der Waals surface area (Å²) in [7, 11) is 3.25. The van der Waals surface area contributed by atoms with E-state index in [-0.39, 0.29) is 24.6 Å². The first kappa shape index (κ1) is 27.2. The van der Waals surface area contributed by atoms with E-state index in [4.69, 9.17) is 9.47 Å². The number of piperazine rings is 1. The number of ether oxygens (including phenoxy) is 2. The number of nitrogens with zero attached hydrogens (tertiary/aromatic N) is 3. The Morgan fingerprint density at radius 3 is 2.55 bits per heavy atom. The zero-order valence-corrected chi connectivity index (χ0v) is 22.7. The lowest BCUT2D eigenvalue weighted by atomic mass is 9.91. The quantitative estimate of drug-likeness (QED) is 0.563. The minimum Gasteiger partial charge on any atom is -0.497 e. The number of hydrogen-bond donors (Lipinski definition) is 1. The highest BCUT2D eigenvalue weighted by Crippen LogP contribution is 2.33. The second-order valence-corrected chi connectivity index (χ2v) is 9.69. The first-order valence-corrected chi connectivity index (χ1v) is 12.9. The highest BCUT2D eigenvalue weighted by atomic mass is 16.5. The Hall–Kier alpha value is -3.85. The maximum absolute atomic E-state index is 13.3. The minimum absolute atomic E-state index is 0.0451. The van der Waals surface area contributed by atoms with E-state index in [0.29, 0.717) is 48.8 Å². The molecule has 9 nitrogen and oxygen atoms in total. The van der Waals surface area contributed by atoms with Crippen molar-refractivity contribution in [3.8, 4) is 5.75 Å². The highest BCUT2D eigenvalue weighted by Gasteiger charge is 2.39. The van der Waals surface area contributed by atoms with Crippen LogP contribution in [0.5, 0.6) is 5.75 Å². The van der Waals surface area contributed by atoms with Gasteiger partial charge in [-0.2, -0.15) is 0 Å². The Balaban J connectivity index is 1.60. The number of carbonyl (C=O) groups is 3. The molecule has 1 saturated heterocycles. The molecular weight excluding hydrogens is 484 g/mol. The fraction of sp³-hybridized carbons (Fsp3) is 0.414. The van der Waals surface area contributed by atoms with E-state index in [0.717, 1.165) is 11.1 Å². The summed E-state index contributed by atoms with van der Waals surface area (Å²) >= 11 is 0. The number of likely N-dealkylation sites (N-methyl/N-ethyl adjacent to an activating group) is 1. The van der Waals surface area contributed by atoms with Crippen LogP contribution in [0.1, 0.15) is 41.4 Å². The molecule has 0 radical (unpaired) electrons. The first-order valence-electron chi connectivity index (χ1n) is 12.9. The van der Waals surface area contributed by atoms with Crippen molar-refractivity contribution < 1.29 is 23.9 Å². The summed E-state index contributed by atoms with van der Waals surface area (Å²) in [6.07, 6.45) is 0. The van der Waals surface area contributed by atoms with Crippen LogP contribution < -0.4 is 10.1 Å². The molecule has 2 aromatic carbocycles. The van der Waals surface area contributed by atoms with Gasteiger partial charge in [0.1, 0.15) is 5.75 Å². The number of esters is 1. The van der Waals surface area contributed by atoms with Crippen LogP contribution in [0.3, 0.4) is 0 Å². The molecule has 4 rings (SSSR count). The van der Waals surface area contributed by atoms with Crippen LogP contribution in [0.25, 0.3) is 0 Å². The molecule has 2 aromatic rings. The van der Waals surface area contributed by atoms with E-state index in [1.807, 2.05) is 55.1 Å². The van der Waals surface area contributed by atoms with Crippen molar-refractivity contribution in [3.63, 3.8) is 0 Å². The minimum atomic E-state index is -0.609. The Kier molecular flexibility index (Phi) is 8.36. The van der Waals surface area contributed by atoms with Gasteiger partial charge in [0, 0.05) is 50.5 Å². The SMILES string of the molecule is CCOC(=O)C1=C(CN2CCN(C(=O)c3cccc(OC)c3)C(C)C2)N(C)C(=O)NC1c1ccccc1C. The summed E-state index contributed by atoms with van der Waals surface area (Å²) in [6, 6.07) is 13.9. The lowest BCUT2D eigenvalue weighted by molar-refractivity contribution is -0.139. The number of nitrogens with one attached hydrogen (secondary N) is 1. The topological polar surface area (TPSA) is 91.4 Å². The number of methoxy groups -OCH3 is 1. The zero-order chi connectivity index (χ0) is 27.4. The van der Waals surface area contributed by atoms with Crippen LogP contribution in [-0.4, -0.2) is 85.6 Å². The summed E-state index contributed by atoms with van der Waals surface area (Å²) in [5.74, 6) is 0.154. The molecule has 0 aliphatic carbocycles. The number of hydrogen-bond acceptors (Lipinski definition) is 6. The van der Waals surface area contributed by atoms with Gasteiger partial charge in [0.25, 0.3) is 5.91 Å². The van der Waals surface area contributed by atoms with Crippen molar-refractivity contribution in [1.29, 1.82) is 0 Å². The average molecular weight is 521 g/mol. The average Bonchev–Trinajstić information content (AvgIpc) is 2.91. The second kappa shape index (κ2) is 11.7. The molecular formula is C29H36N4O5. The molecule has 0 saturated carbocycles. The molecule has 3 amide bonds. The predicted octanol–water partition coefficient (Wildman–Crippen LogP) is 3.36. The van der Waals surface area contributed by atoms with Gasteiger partial charge in [-0.3, -0.25) is 14.6 Å². The van der Waals surface area contributed by atoms with Crippen molar-refractivity contribution in [2.75, 3.05) is 46.9 Å². The number of carbonyl (C=O) groups excluding carboxylic acids is 3. The molecule has 202 valence electrons. The molecule has 2 atom stereocenters. The monoisotopic (exact) mass is 520 g/mol. The Morgan fingerprint density at radius 2 is 1.87 bits per heavy atom. The van der Waals surface area contributed by atoms with Crippen molar-refractivity contribution in [2.24, 2.45) is 0 Å². The van der Waals surface area contributed by atoms with Gasteiger partial charge in [-0.25, -0.2) is 9.59 Å². The van der Waals surface area contributed by atoms with Gasteiger partial charge in [0.05, 0.1) is 25.3 Å². The first-order chi connectivity index (χ1) is 18.2. The summed E-state index contributed by atoms with van der Waals surface area (Å²) in [4.78, 5) is 45.1. The largest absolute Gasteiger partial charge is 0.497 e. The van der Waals surface area contributed by atoms with Crippen molar-refractivity contribution in [2.45, 2.75) is 32.9 Å². The third-order valence-corrected chi connectivity index (χ3v) is 7.23. The number of urea groups is 1. The van der Waals surface area contributed by atoms with Crippen molar-refractivity contribution >= 4 is 17.9 Å². The molecule has 2 unspecified atom stereocenters. The Morgan fingerprint density at radius 1 is 1.11 bits per heavy atom. The number of rotatable bonds is 7. The van der Waals surface area contributed by atoms with Crippen LogP contribution >= 0.6 is 0 Å². The molecule has 38 heavy (non-hydrogen) atoms. The van der Waals surface area contributed by atoms with E-state index in [2.05, 4.69) is 10.2 Å². The maximum atomic E-state index is 13.3. The Bertz CT molecular complexity index is 1240. The van der Waals surface area contributed by atoms with Crippen molar-refractivity contribution in [1.82, 2.24) is 20.0 Å². The molecule has 1 N–H and O–H groups in total. The fourth-order valence-electron chi connectivity index (χ4n) is 5.15. The van der Waals surface area contributed by atoms with Crippen LogP contribution in [0.15, 0.2) is 59.8 Å². The van der Waals surface area contributed by atoms with E-state index in [1.54, 1.807) is 33.2 Å². The lowest BCUT2D eigenvalue weighted by Gasteiger charge is -2.42. The molecule has 9 heteroatoms. The molecule has 2 aliphatic rings. The van der Waals surface area contributed by atoms with E-state index < -0.39 is 12.0 Å². The molecule has 2 aliphatic heterocycles. The highest BCUT2D eigenvalue weighted by molar-refractivity contribution is 5.96. The summed E-state index contributed by atoms with van der Waals surface area (Å²) in [6.45, 7) is 8.08. The summed E-state index contributed by atoms with van der Waals surface area (Å²) in [5.41, 5.74) is 3.46. The zero-order valence-electron chi connectivity index (χ0n) is 22.7. The maximum Gasteiger partial charge on any atom is 0.338 e. The van der Waals surface area contributed by atoms with Gasteiger partial charge in [-0.05, 0) is 50.1 Å². The second-order valence-electron chi connectivity index (χ2n) is 9.69. The smallest absolute Gasteiger partial charge is 0.338 e. The van der Waals surface area contributed by atoms with Gasteiger partial charge in [-0.1, -0.05) is 30.3 Å². The van der Waals surface area contributed by atoms with Crippen LogP contribution in [0, 0.1) is 6.92 Å². The standard InChI is InChI=1S/C29H36N4O5/c1-6-38-28(35)25-24(31(4)29(36)30-26(25)23-13-8-7-10-19(23)2)18-32-14-15-33(20(3)17-32)27(34)21-11-9-12-22(16-21)37-5/h7-13,16,20,26H,6,14-15,17-18H2,1-5H3,(H,30,36). The van der Waals surface area contributed by atoms with Crippen LogP contribution in [-0.2, 0) is 9.53 Å². The van der Waals surface area contributed by atoms with Gasteiger partial charge in [0.2, 0.25) is 0 Å². The molecule has 1 fully saturated rings. The van der Waals surface area contributed by atoms with Gasteiger partial charge >= 0.3 is 12.0 Å². The Labute approximate surface area is 224 Å². The van der Waals surface area contributed by atoms with Gasteiger partial charge in [-0.15, -0.1) is 0 Å². The van der Waals surface area contributed by atoms with Crippen LogP contribution in [0.2, 0.25) is 0 Å². The van der Waals surface area contributed by atoms with E-state index in [1.165, 1.54) is 4.90 Å². The van der Waals surface area contributed by atoms with Gasteiger partial charge < -0.3 is 19.7 Å².